The molecule has 1 heterocycles. The van der Waals surface area contributed by atoms with Gasteiger partial charge in [-0.25, -0.2) is 4.98 Å². The Labute approximate surface area is 167 Å². The first-order valence-corrected chi connectivity index (χ1v) is 8.04. The maximum Gasteiger partial charge on any atom is 0.417 e. The Balaban J connectivity index is 0.00000312. The molecule has 0 bridgehead atoms. The van der Waals surface area contributed by atoms with Crippen LogP contribution in [0.5, 0.6) is 5.88 Å². The summed E-state index contributed by atoms with van der Waals surface area (Å²) in [4.78, 5) is 15.6. The lowest BCUT2D eigenvalue weighted by Crippen LogP contribution is -2.37. The average Bonchev–Trinajstić information content (AvgIpc) is 3.00. The standard InChI is InChI=1S/C15H19ClF3N3O2.2ClH/c16-12-6-10(15(17,18)19)8-22-14(12)24-5-4-21-13(23)11-3-1-2-9(11)7-20;;/h6,8-9,11H,1-5,7,20H2,(H,21,23);2*1H/t9-,11-;;/m1../s1. The lowest BCUT2D eigenvalue weighted by molar-refractivity contribution is -0.137. The van der Waals surface area contributed by atoms with Crippen molar-refractivity contribution in [3.05, 3.63) is 22.8 Å². The summed E-state index contributed by atoms with van der Waals surface area (Å²) in [6.45, 7) is 0.759. The fourth-order valence-electron chi connectivity index (χ4n) is 2.80. The number of carbonyl (C=O) groups excluding carboxylic acids is 1. The Morgan fingerprint density at radius 1 is 1.38 bits per heavy atom. The van der Waals surface area contributed by atoms with E-state index in [0.29, 0.717) is 12.7 Å². The number of nitrogens with one attached hydrogen (secondary N) is 1. The minimum Gasteiger partial charge on any atom is -0.475 e. The van der Waals surface area contributed by atoms with Crippen molar-refractivity contribution in [2.24, 2.45) is 17.6 Å². The highest BCUT2D eigenvalue weighted by atomic mass is 35.5. The van der Waals surface area contributed by atoms with Crippen LogP contribution in [0.2, 0.25) is 5.02 Å². The molecule has 0 radical (unpaired) electrons. The third-order valence-corrected chi connectivity index (χ3v) is 4.34. The van der Waals surface area contributed by atoms with Crippen LogP contribution in [0, 0.1) is 11.8 Å². The Hall–Kier alpha value is -0.960. The fourth-order valence-corrected chi connectivity index (χ4v) is 3.02. The van der Waals surface area contributed by atoms with Crippen LogP contribution in [-0.2, 0) is 11.0 Å². The van der Waals surface area contributed by atoms with Crippen molar-refractivity contribution in [3.8, 4) is 5.88 Å². The van der Waals surface area contributed by atoms with Crippen molar-refractivity contribution >= 4 is 42.3 Å². The van der Waals surface area contributed by atoms with E-state index < -0.39 is 11.7 Å². The molecule has 0 saturated heterocycles. The summed E-state index contributed by atoms with van der Waals surface area (Å²) in [5.41, 5.74) is 4.70. The van der Waals surface area contributed by atoms with Crippen molar-refractivity contribution < 1.29 is 22.7 Å². The second-order valence-electron chi connectivity index (χ2n) is 5.68. The van der Waals surface area contributed by atoms with E-state index in [1.165, 1.54) is 0 Å². The number of rotatable bonds is 6. The molecule has 150 valence electrons. The second kappa shape index (κ2) is 11.0. The summed E-state index contributed by atoms with van der Waals surface area (Å²) in [6, 6.07) is 0.757. The predicted molar refractivity (Wildman–Crippen MR) is 97.1 cm³/mol. The molecule has 5 nitrogen and oxygen atoms in total. The molecule has 1 aromatic heterocycles. The van der Waals surface area contributed by atoms with Crippen LogP contribution in [0.3, 0.4) is 0 Å². The van der Waals surface area contributed by atoms with Crippen LogP contribution in [0.4, 0.5) is 13.2 Å². The van der Waals surface area contributed by atoms with E-state index in [4.69, 9.17) is 22.1 Å². The van der Waals surface area contributed by atoms with Gasteiger partial charge in [0.15, 0.2) is 0 Å². The highest BCUT2D eigenvalue weighted by molar-refractivity contribution is 6.31. The lowest BCUT2D eigenvalue weighted by atomic mass is 9.95. The maximum absolute atomic E-state index is 12.5. The molecule has 2 rings (SSSR count). The topological polar surface area (TPSA) is 77.2 Å². The lowest BCUT2D eigenvalue weighted by Gasteiger charge is -2.17. The van der Waals surface area contributed by atoms with Crippen LogP contribution >= 0.6 is 36.4 Å². The molecule has 0 spiro atoms. The maximum atomic E-state index is 12.5. The first-order valence-electron chi connectivity index (χ1n) is 7.66. The Bertz CT molecular complexity index is 591. The van der Waals surface area contributed by atoms with Gasteiger partial charge in [-0.05, 0) is 31.4 Å². The number of halogens is 6. The smallest absolute Gasteiger partial charge is 0.417 e. The number of carbonyl (C=O) groups is 1. The summed E-state index contributed by atoms with van der Waals surface area (Å²) in [5, 5.41) is 2.52. The Morgan fingerprint density at radius 2 is 2.08 bits per heavy atom. The van der Waals surface area contributed by atoms with Gasteiger partial charge in [-0.15, -0.1) is 24.8 Å². The molecular weight excluding hydrogens is 418 g/mol. The van der Waals surface area contributed by atoms with Crippen LogP contribution < -0.4 is 15.8 Å². The molecule has 0 aromatic carbocycles. The monoisotopic (exact) mass is 437 g/mol. The summed E-state index contributed by atoms with van der Waals surface area (Å²) < 4.78 is 42.7. The zero-order valence-electron chi connectivity index (χ0n) is 13.7. The van der Waals surface area contributed by atoms with Crippen molar-refractivity contribution in [2.75, 3.05) is 19.7 Å². The van der Waals surface area contributed by atoms with Gasteiger partial charge < -0.3 is 15.8 Å². The third-order valence-electron chi connectivity index (χ3n) is 4.07. The molecule has 1 aliphatic rings. The van der Waals surface area contributed by atoms with Gasteiger partial charge >= 0.3 is 6.18 Å². The van der Waals surface area contributed by atoms with Crippen molar-refractivity contribution in [3.63, 3.8) is 0 Å². The molecule has 0 unspecified atom stereocenters. The fraction of sp³-hybridized carbons (Fsp3) is 0.600. The molecule has 3 N–H and O–H groups in total. The minimum absolute atomic E-state index is 0. The molecule has 0 aliphatic heterocycles. The second-order valence-corrected chi connectivity index (χ2v) is 6.09. The van der Waals surface area contributed by atoms with E-state index in [2.05, 4.69) is 10.3 Å². The number of amides is 1. The molecule has 1 aromatic rings. The third kappa shape index (κ3) is 6.64. The summed E-state index contributed by atoms with van der Waals surface area (Å²) in [7, 11) is 0. The van der Waals surface area contributed by atoms with Crippen molar-refractivity contribution in [1.29, 1.82) is 0 Å². The number of alkyl halides is 3. The van der Waals surface area contributed by atoms with E-state index in [9.17, 15) is 18.0 Å². The average molecular weight is 439 g/mol. The number of hydrogen-bond acceptors (Lipinski definition) is 4. The van der Waals surface area contributed by atoms with E-state index in [0.717, 1.165) is 25.3 Å². The number of nitrogens with zero attached hydrogens (tertiary/aromatic N) is 1. The van der Waals surface area contributed by atoms with Crippen LogP contribution in [0.25, 0.3) is 0 Å². The van der Waals surface area contributed by atoms with Gasteiger partial charge in [0.2, 0.25) is 11.8 Å². The van der Waals surface area contributed by atoms with Gasteiger partial charge in [-0.2, -0.15) is 13.2 Å². The predicted octanol–water partition coefficient (Wildman–Crippen LogP) is 3.47. The van der Waals surface area contributed by atoms with Gasteiger partial charge in [-0.3, -0.25) is 4.79 Å². The van der Waals surface area contributed by atoms with E-state index >= 15 is 0 Å². The highest BCUT2D eigenvalue weighted by Gasteiger charge is 2.32. The SMILES string of the molecule is Cl.Cl.NC[C@H]1CCC[C@H]1C(=O)NCCOc1ncc(C(F)(F)F)cc1Cl. The number of hydrogen-bond donors (Lipinski definition) is 2. The van der Waals surface area contributed by atoms with Crippen LogP contribution in [0.1, 0.15) is 24.8 Å². The molecule has 2 atom stereocenters. The van der Waals surface area contributed by atoms with Gasteiger partial charge in [0.25, 0.3) is 0 Å². The summed E-state index contributed by atoms with van der Waals surface area (Å²) >= 11 is 5.73. The number of pyridine rings is 1. The molecule has 26 heavy (non-hydrogen) atoms. The first-order chi connectivity index (χ1) is 11.3. The van der Waals surface area contributed by atoms with Crippen molar-refractivity contribution in [1.82, 2.24) is 10.3 Å². The molecule has 1 aliphatic carbocycles. The van der Waals surface area contributed by atoms with Crippen molar-refractivity contribution in [2.45, 2.75) is 25.4 Å². The van der Waals surface area contributed by atoms with E-state index in [-0.39, 0.29) is 66.6 Å². The van der Waals surface area contributed by atoms with Gasteiger partial charge in [-0.1, -0.05) is 18.0 Å². The van der Waals surface area contributed by atoms with E-state index in [1.54, 1.807) is 0 Å². The quantitative estimate of drug-likeness (QED) is 0.667. The zero-order valence-corrected chi connectivity index (χ0v) is 16.1. The highest BCUT2D eigenvalue weighted by Crippen LogP contribution is 2.33. The van der Waals surface area contributed by atoms with Gasteiger partial charge in [0, 0.05) is 12.1 Å². The largest absolute Gasteiger partial charge is 0.475 e. The molecule has 1 fully saturated rings. The van der Waals surface area contributed by atoms with E-state index in [1.807, 2.05) is 0 Å². The molecule has 11 heteroatoms. The molecule has 1 amide bonds. The van der Waals surface area contributed by atoms with Crippen LogP contribution in [0.15, 0.2) is 12.3 Å². The van der Waals surface area contributed by atoms with Gasteiger partial charge in [0.05, 0.1) is 12.1 Å². The zero-order chi connectivity index (χ0) is 17.7. The normalized spacial score (nSPS) is 19.3. The molecule has 1 saturated carbocycles. The Kier molecular flexibility index (Phi) is 10.6. The number of aromatic nitrogens is 1. The minimum atomic E-state index is -4.51. The van der Waals surface area contributed by atoms with Crippen LogP contribution in [-0.4, -0.2) is 30.6 Å². The molecular formula is C15H21Cl3F3N3O2. The summed E-state index contributed by atoms with van der Waals surface area (Å²) in [5.74, 6) is -0.0441. The first kappa shape index (κ1) is 25.0. The number of nitrogens with two attached hydrogens (primary N) is 1. The summed E-state index contributed by atoms with van der Waals surface area (Å²) in [6.07, 6.45) is -1.09. The number of ether oxygens (including phenoxy) is 1. The Morgan fingerprint density at radius 3 is 2.65 bits per heavy atom. The van der Waals surface area contributed by atoms with Gasteiger partial charge in [0.1, 0.15) is 11.6 Å².